The molecule has 2 aromatic heterocycles. The van der Waals surface area contributed by atoms with Crippen LogP contribution in [0.25, 0.3) is 5.78 Å². The number of rotatable bonds is 3. The van der Waals surface area contributed by atoms with Gasteiger partial charge in [0.25, 0.3) is 17.5 Å². The third kappa shape index (κ3) is 3.62. The van der Waals surface area contributed by atoms with E-state index in [1.54, 1.807) is 11.8 Å². The predicted molar refractivity (Wildman–Crippen MR) is 90.1 cm³/mol. The largest absolute Gasteiger partial charge is 0.447 e. The van der Waals surface area contributed by atoms with E-state index >= 15 is 0 Å². The van der Waals surface area contributed by atoms with Crippen molar-refractivity contribution < 1.29 is 14.3 Å². The van der Waals surface area contributed by atoms with Gasteiger partial charge in [0.05, 0.1) is 0 Å². The minimum absolute atomic E-state index is 0.0897. The molecule has 1 amide bonds. The number of hydrogen-bond acceptors (Lipinski definition) is 6. The van der Waals surface area contributed by atoms with Crippen molar-refractivity contribution in [1.82, 2.24) is 24.5 Å². The Bertz CT molecular complexity index is 808. The minimum atomic E-state index is -0.858. The number of fused-ring (bicyclic) bond motifs is 1. The van der Waals surface area contributed by atoms with Crippen LogP contribution in [0.2, 0.25) is 0 Å². The van der Waals surface area contributed by atoms with Crippen molar-refractivity contribution in [3.63, 3.8) is 0 Å². The third-order valence-corrected chi connectivity index (χ3v) is 4.53. The van der Waals surface area contributed by atoms with E-state index in [2.05, 4.69) is 22.0 Å². The first kappa shape index (κ1) is 17.3. The standard InChI is InChI=1S/C17H23N5O3/c1-10-5-7-21(8-6-10)15(23)13(4)25-16(24)14-19-17-18-11(2)9-12(3)22(17)20-14/h9-10,13H,5-8H2,1-4H3. The van der Waals surface area contributed by atoms with Gasteiger partial charge in [-0.1, -0.05) is 6.92 Å². The van der Waals surface area contributed by atoms with Crippen molar-refractivity contribution in [2.24, 2.45) is 5.92 Å². The summed E-state index contributed by atoms with van der Waals surface area (Å²) in [7, 11) is 0. The van der Waals surface area contributed by atoms with Gasteiger partial charge in [-0.2, -0.15) is 4.98 Å². The summed E-state index contributed by atoms with van der Waals surface area (Å²) in [5, 5.41) is 4.13. The highest BCUT2D eigenvalue weighted by Crippen LogP contribution is 2.17. The molecule has 0 aliphatic carbocycles. The van der Waals surface area contributed by atoms with Crippen molar-refractivity contribution in [1.29, 1.82) is 0 Å². The Hall–Kier alpha value is -2.51. The number of carbonyl (C=O) groups excluding carboxylic acids is 2. The van der Waals surface area contributed by atoms with E-state index in [4.69, 9.17) is 4.74 Å². The second-order valence-electron chi connectivity index (χ2n) is 6.74. The second kappa shape index (κ2) is 6.78. The summed E-state index contributed by atoms with van der Waals surface area (Å²) < 4.78 is 6.77. The lowest BCUT2D eigenvalue weighted by Crippen LogP contribution is -2.44. The van der Waals surface area contributed by atoms with Crippen LogP contribution in [0.5, 0.6) is 0 Å². The van der Waals surface area contributed by atoms with Crippen LogP contribution in [-0.2, 0) is 9.53 Å². The van der Waals surface area contributed by atoms with Gasteiger partial charge in [0.15, 0.2) is 6.10 Å². The maximum atomic E-state index is 12.4. The molecule has 1 atom stereocenters. The van der Waals surface area contributed by atoms with Crippen LogP contribution >= 0.6 is 0 Å². The van der Waals surface area contributed by atoms with E-state index in [-0.39, 0.29) is 11.7 Å². The molecule has 0 bridgehead atoms. The summed E-state index contributed by atoms with van der Waals surface area (Å²) in [5.41, 5.74) is 1.61. The summed E-state index contributed by atoms with van der Waals surface area (Å²) in [6, 6.07) is 1.85. The van der Waals surface area contributed by atoms with Crippen LogP contribution in [0.15, 0.2) is 6.07 Å². The SMILES string of the molecule is Cc1cc(C)n2nc(C(=O)OC(C)C(=O)N3CCC(C)CC3)nc2n1. The van der Waals surface area contributed by atoms with Gasteiger partial charge in [-0.25, -0.2) is 14.3 Å². The van der Waals surface area contributed by atoms with Crippen molar-refractivity contribution in [3.8, 4) is 0 Å². The molecule has 134 valence electrons. The lowest BCUT2D eigenvalue weighted by atomic mass is 9.99. The third-order valence-electron chi connectivity index (χ3n) is 4.53. The topological polar surface area (TPSA) is 89.7 Å². The highest BCUT2D eigenvalue weighted by atomic mass is 16.5. The molecule has 2 aromatic rings. The van der Waals surface area contributed by atoms with Crippen LogP contribution in [0.1, 0.15) is 48.7 Å². The summed E-state index contributed by atoms with van der Waals surface area (Å²) >= 11 is 0. The molecule has 1 fully saturated rings. The Morgan fingerprint density at radius 1 is 1.24 bits per heavy atom. The average molecular weight is 345 g/mol. The van der Waals surface area contributed by atoms with Crippen molar-refractivity contribution in [3.05, 3.63) is 23.3 Å². The minimum Gasteiger partial charge on any atom is -0.447 e. The fourth-order valence-electron chi connectivity index (χ4n) is 3.00. The zero-order valence-corrected chi connectivity index (χ0v) is 15.0. The van der Waals surface area contributed by atoms with Gasteiger partial charge < -0.3 is 9.64 Å². The van der Waals surface area contributed by atoms with Crippen LogP contribution < -0.4 is 0 Å². The Balaban J connectivity index is 1.69. The number of piperidine rings is 1. The zero-order chi connectivity index (χ0) is 18.1. The first-order valence-electron chi connectivity index (χ1n) is 8.56. The highest BCUT2D eigenvalue weighted by molar-refractivity contribution is 5.89. The van der Waals surface area contributed by atoms with Gasteiger partial charge in [-0.05, 0) is 45.6 Å². The van der Waals surface area contributed by atoms with Crippen molar-refractivity contribution in [2.45, 2.75) is 46.6 Å². The maximum Gasteiger partial charge on any atom is 0.379 e. The molecule has 8 nitrogen and oxygen atoms in total. The maximum absolute atomic E-state index is 12.4. The Kier molecular flexibility index (Phi) is 4.69. The van der Waals surface area contributed by atoms with Crippen molar-refractivity contribution >= 4 is 17.7 Å². The van der Waals surface area contributed by atoms with Crippen LogP contribution in [0.3, 0.4) is 0 Å². The number of ether oxygens (including phenoxy) is 1. The molecular weight excluding hydrogens is 322 g/mol. The quantitative estimate of drug-likeness (QED) is 0.784. The molecule has 0 saturated carbocycles. The van der Waals surface area contributed by atoms with Crippen molar-refractivity contribution in [2.75, 3.05) is 13.1 Å². The van der Waals surface area contributed by atoms with Gasteiger partial charge in [0, 0.05) is 24.5 Å². The molecule has 0 aromatic carbocycles. The van der Waals surface area contributed by atoms with E-state index < -0.39 is 12.1 Å². The van der Waals surface area contributed by atoms with E-state index in [1.807, 2.05) is 19.9 Å². The number of aryl methyl sites for hydroxylation is 2. The lowest BCUT2D eigenvalue weighted by Gasteiger charge is -2.31. The molecule has 0 N–H and O–H groups in total. The normalized spacial score (nSPS) is 16.9. The van der Waals surface area contributed by atoms with Gasteiger partial charge >= 0.3 is 5.97 Å². The Morgan fingerprint density at radius 2 is 1.92 bits per heavy atom. The average Bonchev–Trinajstić information content (AvgIpc) is 2.99. The molecule has 1 saturated heterocycles. The summed E-state index contributed by atoms with van der Waals surface area (Å²) in [4.78, 5) is 34.8. The first-order chi connectivity index (χ1) is 11.8. The van der Waals surface area contributed by atoms with Gasteiger partial charge in [-0.15, -0.1) is 5.10 Å². The summed E-state index contributed by atoms with van der Waals surface area (Å²) in [5.74, 6) is -0.00668. The molecule has 3 heterocycles. The van der Waals surface area contributed by atoms with Gasteiger partial charge in [0.1, 0.15) is 0 Å². The van der Waals surface area contributed by atoms with E-state index in [9.17, 15) is 9.59 Å². The Morgan fingerprint density at radius 3 is 2.60 bits per heavy atom. The van der Waals surface area contributed by atoms with Crippen LogP contribution in [-0.4, -0.2) is 55.6 Å². The Labute approximate surface area is 146 Å². The molecule has 8 heteroatoms. The molecule has 1 unspecified atom stereocenters. The van der Waals surface area contributed by atoms with Gasteiger partial charge in [0.2, 0.25) is 0 Å². The molecular formula is C17H23N5O3. The number of nitrogens with zero attached hydrogens (tertiary/aromatic N) is 5. The number of amides is 1. The van der Waals surface area contributed by atoms with E-state index in [1.165, 1.54) is 4.52 Å². The molecule has 0 radical (unpaired) electrons. The monoisotopic (exact) mass is 345 g/mol. The molecule has 0 spiro atoms. The summed E-state index contributed by atoms with van der Waals surface area (Å²) in [6.07, 6.45) is 1.10. The smallest absolute Gasteiger partial charge is 0.379 e. The summed E-state index contributed by atoms with van der Waals surface area (Å²) in [6.45, 7) is 8.88. The highest BCUT2D eigenvalue weighted by Gasteiger charge is 2.28. The number of hydrogen-bond donors (Lipinski definition) is 0. The number of carbonyl (C=O) groups is 2. The fraction of sp³-hybridized carbons (Fsp3) is 0.588. The molecule has 25 heavy (non-hydrogen) atoms. The van der Waals surface area contributed by atoms with E-state index in [0.717, 1.165) is 24.2 Å². The molecule has 1 aliphatic heterocycles. The van der Waals surface area contributed by atoms with Crippen LogP contribution in [0, 0.1) is 19.8 Å². The van der Waals surface area contributed by atoms with E-state index in [0.29, 0.717) is 24.8 Å². The number of esters is 1. The lowest BCUT2D eigenvalue weighted by molar-refractivity contribution is -0.141. The fourth-order valence-corrected chi connectivity index (χ4v) is 3.00. The van der Waals surface area contributed by atoms with Crippen LogP contribution in [0.4, 0.5) is 0 Å². The molecule has 3 rings (SSSR count). The second-order valence-corrected chi connectivity index (χ2v) is 6.74. The number of aromatic nitrogens is 4. The number of likely N-dealkylation sites (tertiary alicyclic amines) is 1. The zero-order valence-electron chi connectivity index (χ0n) is 15.0. The predicted octanol–water partition coefficient (Wildman–Crippen LogP) is 1.54. The molecule has 1 aliphatic rings. The van der Waals surface area contributed by atoms with Gasteiger partial charge in [-0.3, -0.25) is 4.79 Å². The first-order valence-corrected chi connectivity index (χ1v) is 8.56.